The standard InChI is InChI=1S/C14H18IN3O2/c15-10-4-5-11(14(9-10)18(19)20)16-12-6-8-17-7-2-1-3-13(12)17/h4-5,9,12-13,16H,1-3,6-8H2. The Morgan fingerprint density at radius 1 is 1.30 bits per heavy atom. The third kappa shape index (κ3) is 2.76. The number of fused-ring (bicyclic) bond motifs is 1. The molecule has 1 N–H and O–H groups in total. The van der Waals surface area contributed by atoms with E-state index in [2.05, 4.69) is 32.8 Å². The van der Waals surface area contributed by atoms with Crippen molar-refractivity contribution in [3.05, 3.63) is 31.9 Å². The molecule has 0 aliphatic carbocycles. The molecule has 0 saturated carbocycles. The highest BCUT2D eigenvalue weighted by atomic mass is 127. The molecule has 0 radical (unpaired) electrons. The predicted octanol–water partition coefficient (Wildman–Crippen LogP) is 3.24. The van der Waals surface area contributed by atoms with E-state index in [1.54, 1.807) is 6.07 Å². The quantitative estimate of drug-likeness (QED) is 0.492. The monoisotopic (exact) mass is 387 g/mol. The van der Waals surface area contributed by atoms with E-state index in [0.717, 1.165) is 16.5 Å². The number of nitro groups is 1. The first-order valence-corrected chi connectivity index (χ1v) is 8.17. The molecular formula is C14H18IN3O2. The highest BCUT2D eigenvalue weighted by Crippen LogP contribution is 2.32. The Labute approximate surface area is 132 Å². The molecular weight excluding hydrogens is 369 g/mol. The first-order chi connectivity index (χ1) is 9.65. The van der Waals surface area contributed by atoms with Crippen LogP contribution in [0.15, 0.2) is 18.2 Å². The van der Waals surface area contributed by atoms with Crippen molar-refractivity contribution in [3.8, 4) is 0 Å². The molecule has 108 valence electrons. The van der Waals surface area contributed by atoms with Gasteiger partial charge in [0.1, 0.15) is 5.69 Å². The molecule has 0 spiro atoms. The van der Waals surface area contributed by atoms with E-state index in [9.17, 15) is 10.1 Å². The summed E-state index contributed by atoms with van der Waals surface area (Å²) in [5.41, 5.74) is 0.846. The summed E-state index contributed by atoms with van der Waals surface area (Å²) in [6.45, 7) is 2.29. The van der Waals surface area contributed by atoms with Crippen molar-refractivity contribution in [1.82, 2.24) is 4.90 Å². The summed E-state index contributed by atoms with van der Waals surface area (Å²) in [5, 5.41) is 14.6. The summed E-state index contributed by atoms with van der Waals surface area (Å²) in [7, 11) is 0. The Hall–Kier alpha value is -0.890. The molecule has 5 nitrogen and oxygen atoms in total. The lowest BCUT2D eigenvalue weighted by Gasteiger charge is -2.32. The molecule has 0 aromatic heterocycles. The van der Waals surface area contributed by atoms with E-state index in [-0.39, 0.29) is 10.6 Å². The maximum absolute atomic E-state index is 11.2. The van der Waals surface area contributed by atoms with Gasteiger partial charge in [-0.1, -0.05) is 6.42 Å². The minimum atomic E-state index is -0.294. The zero-order valence-electron chi connectivity index (χ0n) is 11.2. The van der Waals surface area contributed by atoms with Crippen molar-refractivity contribution < 1.29 is 4.92 Å². The van der Waals surface area contributed by atoms with Crippen molar-refractivity contribution in [1.29, 1.82) is 0 Å². The average molecular weight is 387 g/mol. The van der Waals surface area contributed by atoms with E-state index in [0.29, 0.717) is 17.8 Å². The molecule has 1 aromatic carbocycles. The van der Waals surface area contributed by atoms with Crippen LogP contribution in [0.2, 0.25) is 0 Å². The highest BCUT2D eigenvalue weighted by Gasteiger charge is 2.36. The molecule has 3 rings (SSSR count). The largest absolute Gasteiger partial charge is 0.375 e. The number of hydrogen-bond acceptors (Lipinski definition) is 4. The summed E-state index contributed by atoms with van der Waals surface area (Å²) >= 11 is 2.11. The first-order valence-electron chi connectivity index (χ1n) is 7.09. The molecule has 0 amide bonds. The van der Waals surface area contributed by atoms with Crippen molar-refractivity contribution in [3.63, 3.8) is 0 Å². The normalized spacial score (nSPS) is 26.2. The fourth-order valence-electron chi connectivity index (χ4n) is 3.39. The van der Waals surface area contributed by atoms with E-state index >= 15 is 0 Å². The number of halogens is 1. The average Bonchev–Trinajstić information content (AvgIpc) is 2.84. The minimum absolute atomic E-state index is 0.186. The smallest absolute Gasteiger partial charge is 0.293 e. The fraction of sp³-hybridized carbons (Fsp3) is 0.571. The molecule has 0 bridgehead atoms. The number of benzene rings is 1. The van der Waals surface area contributed by atoms with Gasteiger partial charge < -0.3 is 5.32 Å². The van der Waals surface area contributed by atoms with Crippen LogP contribution in [0.1, 0.15) is 25.7 Å². The lowest BCUT2D eigenvalue weighted by molar-refractivity contribution is -0.384. The number of nitrogens with one attached hydrogen (secondary N) is 1. The summed E-state index contributed by atoms with van der Waals surface area (Å²) in [5.74, 6) is 0. The highest BCUT2D eigenvalue weighted by molar-refractivity contribution is 14.1. The Kier molecular flexibility index (Phi) is 4.11. The van der Waals surface area contributed by atoms with Crippen LogP contribution >= 0.6 is 22.6 Å². The van der Waals surface area contributed by atoms with Gasteiger partial charge in [0.05, 0.1) is 4.92 Å². The number of piperidine rings is 1. The Balaban J connectivity index is 1.79. The fourth-order valence-corrected chi connectivity index (χ4v) is 3.87. The second-order valence-corrected chi connectivity index (χ2v) is 6.80. The van der Waals surface area contributed by atoms with Crippen LogP contribution in [0.4, 0.5) is 11.4 Å². The van der Waals surface area contributed by atoms with Gasteiger partial charge in [0.25, 0.3) is 5.69 Å². The van der Waals surface area contributed by atoms with Crippen LogP contribution in [-0.2, 0) is 0 Å². The van der Waals surface area contributed by atoms with Gasteiger partial charge in [-0.3, -0.25) is 15.0 Å². The summed E-state index contributed by atoms with van der Waals surface area (Å²) < 4.78 is 0.894. The molecule has 2 heterocycles. The van der Waals surface area contributed by atoms with Crippen molar-refractivity contribution in [2.24, 2.45) is 0 Å². The molecule has 6 heteroatoms. The summed E-state index contributed by atoms with van der Waals surface area (Å²) in [6, 6.07) is 6.28. The maximum atomic E-state index is 11.2. The van der Waals surface area contributed by atoms with E-state index in [1.807, 2.05) is 12.1 Å². The molecule has 1 aromatic rings. The predicted molar refractivity (Wildman–Crippen MR) is 87.1 cm³/mol. The number of rotatable bonds is 3. The molecule has 20 heavy (non-hydrogen) atoms. The SMILES string of the molecule is O=[N+]([O-])c1cc(I)ccc1NC1CCN2CCCCC12. The van der Waals surface area contributed by atoms with Crippen molar-refractivity contribution in [2.75, 3.05) is 18.4 Å². The van der Waals surface area contributed by atoms with Crippen LogP contribution in [-0.4, -0.2) is 35.0 Å². The molecule has 2 fully saturated rings. The lowest BCUT2D eigenvalue weighted by atomic mass is 9.99. The second-order valence-electron chi connectivity index (χ2n) is 5.56. The van der Waals surface area contributed by atoms with Crippen LogP contribution in [0.25, 0.3) is 0 Å². The maximum Gasteiger partial charge on any atom is 0.293 e. The van der Waals surface area contributed by atoms with Crippen LogP contribution in [0.5, 0.6) is 0 Å². The second kappa shape index (κ2) is 5.85. The lowest BCUT2D eigenvalue weighted by Crippen LogP contribution is -2.41. The molecule has 2 aliphatic heterocycles. The Morgan fingerprint density at radius 2 is 2.15 bits per heavy atom. The van der Waals surface area contributed by atoms with Gasteiger partial charge in [-0.05, 0) is 60.5 Å². The third-order valence-electron chi connectivity index (χ3n) is 4.35. The van der Waals surface area contributed by atoms with Crippen LogP contribution in [0, 0.1) is 13.7 Å². The van der Waals surface area contributed by atoms with E-state index in [4.69, 9.17) is 0 Å². The summed E-state index contributed by atoms with van der Waals surface area (Å²) in [4.78, 5) is 13.4. The molecule has 2 aliphatic rings. The molecule has 2 saturated heterocycles. The van der Waals surface area contributed by atoms with Gasteiger partial charge >= 0.3 is 0 Å². The van der Waals surface area contributed by atoms with Gasteiger partial charge in [-0.25, -0.2) is 0 Å². The Morgan fingerprint density at radius 3 is 2.95 bits per heavy atom. The minimum Gasteiger partial charge on any atom is -0.375 e. The zero-order valence-corrected chi connectivity index (χ0v) is 13.4. The van der Waals surface area contributed by atoms with Crippen LogP contribution in [0.3, 0.4) is 0 Å². The topological polar surface area (TPSA) is 58.4 Å². The van der Waals surface area contributed by atoms with E-state index < -0.39 is 0 Å². The molecule has 2 unspecified atom stereocenters. The molecule has 2 atom stereocenters. The van der Waals surface area contributed by atoms with Gasteiger partial charge in [0.15, 0.2) is 0 Å². The van der Waals surface area contributed by atoms with Gasteiger partial charge in [-0.2, -0.15) is 0 Å². The van der Waals surface area contributed by atoms with E-state index in [1.165, 1.54) is 25.8 Å². The third-order valence-corrected chi connectivity index (χ3v) is 5.02. The number of hydrogen-bond donors (Lipinski definition) is 1. The van der Waals surface area contributed by atoms with Crippen molar-refractivity contribution in [2.45, 2.75) is 37.8 Å². The Bertz CT molecular complexity index is 523. The van der Waals surface area contributed by atoms with Gasteiger partial charge in [0, 0.05) is 28.3 Å². The zero-order chi connectivity index (χ0) is 14.1. The van der Waals surface area contributed by atoms with Crippen molar-refractivity contribution >= 4 is 34.0 Å². The number of nitro benzene ring substituents is 1. The van der Waals surface area contributed by atoms with Crippen LogP contribution < -0.4 is 5.32 Å². The summed E-state index contributed by atoms with van der Waals surface area (Å²) in [6.07, 6.45) is 4.84. The first kappa shape index (κ1) is 14.1. The number of anilines is 1. The van der Waals surface area contributed by atoms with Gasteiger partial charge in [-0.15, -0.1) is 0 Å². The number of nitrogens with zero attached hydrogens (tertiary/aromatic N) is 2. The van der Waals surface area contributed by atoms with Gasteiger partial charge in [0.2, 0.25) is 0 Å².